The largest absolute Gasteiger partial charge is 0.493 e. The minimum atomic E-state index is 0.122. The molecule has 2 aromatic rings. The van der Waals surface area contributed by atoms with Crippen molar-refractivity contribution in [2.75, 3.05) is 60.1 Å². The minimum absolute atomic E-state index is 0.122. The molecular weight excluding hydrogens is 478 g/mol. The van der Waals surface area contributed by atoms with Crippen LogP contribution in [0.2, 0.25) is 0 Å². The van der Waals surface area contributed by atoms with E-state index < -0.39 is 0 Å². The molecule has 0 spiro atoms. The molecule has 0 saturated carbocycles. The Morgan fingerprint density at radius 2 is 1.37 bits per heavy atom. The Labute approximate surface area is 220 Å². The van der Waals surface area contributed by atoms with Crippen LogP contribution >= 0.6 is 23.5 Å². The van der Waals surface area contributed by atoms with Crippen molar-refractivity contribution in [3.8, 4) is 23.0 Å². The lowest BCUT2D eigenvalue weighted by atomic mass is 10.0. The summed E-state index contributed by atoms with van der Waals surface area (Å²) in [4.78, 5) is 2.44. The smallest absolute Gasteiger partial charge is 0.161 e. The monoisotopic (exact) mass is 519 g/mol. The Morgan fingerprint density at radius 1 is 0.743 bits per heavy atom. The second-order valence-corrected chi connectivity index (χ2v) is 12.0. The molecule has 0 unspecified atom stereocenters. The number of thioether (sulfide) groups is 2. The van der Waals surface area contributed by atoms with Crippen molar-refractivity contribution >= 4 is 23.5 Å². The molecule has 3 rings (SSSR count). The average molecular weight is 520 g/mol. The van der Waals surface area contributed by atoms with Crippen molar-refractivity contribution in [2.24, 2.45) is 0 Å². The summed E-state index contributed by atoms with van der Waals surface area (Å²) in [7, 11) is 9.00. The van der Waals surface area contributed by atoms with E-state index in [0.717, 1.165) is 42.5 Å². The van der Waals surface area contributed by atoms with Gasteiger partial charge in [0, 0.05) is 6.54 Å². The van der Waals surface area contributed by atoms with Crippen molar-refractivity contribution < 1.29 is 18.9 Å². The average Bonchev–Trinajstić information content (AvgIpc) is 2.91. The molecule has 7 heteroatoms. The molecule has 2 aromatic carbocycles. The fourth-order valence-electron chi connectivity index (χ4n) is 4.49. The molecule has 0 radical (unpaired) electrons. The van der Waals surface area contributed by atoms with Crippen molar-refractivity contribution in [2.45, 2.75) is 42.6 Å². The van der Waals surface area contributed by atoms with E-state index in [1.807, 2.05) is 6.07 Å². The second kappa shape index (κ2) is 14.1. The molecule has 194 valence electrons. The predicted molar refractivity (Wildman–Crippen MR) is 150 cm³/mol. The van der Waals surface area contributed by atoms with Crippen LogP contribution in [0.25, 0.3) is 0 Å². The first kappa shape index (κ1) is 27.9. The minimum Gasteiger partial charge on any atom is -0.493 e. The number of hydrogen-bond acceptors (Lipinski definition) is 7. The van der Waals surface area contributed by atoms with Crippen LogP contribution in [-0.4, -0.2) is 65.0 Å². The molecule has 0 bridgehead atoms. The van der Waals surface area contributed by atoms with Crippen molar-refractivity contribution in [1.82, 2.24) is 4.90 Å². The molecule has 0 aromatic heterocycles. The van der Waals surface area contributed by atoms with Crippen LogP contribution in [0, 0.1) is 0 Å². The maximum absolute atomic E-state index is 5.60. The van der Waals surface area contributed by atoms with Crippen LogP contribution in [0.1, 0.15) is 43.2 Å². The zero-order valence-electron chi connectivity index (χ0n) is 21.9. The van der Waals surface area contributed by atoms with E-state index in [0.29, 0.717) is 0 Å². The van der Waals surface area contributed by atoms with E-state index in [2.05, 4.69) is 65.8 Å². The third-order valence-corrected chi connectivity index (χ3v) is 10.1. The second-order valence-electron chi connectivity index (χ2n) is 8.93. The fraction of sp³-hybridized carbons (Fsp3) is 0.571. The van der Waals surface area contributed by atoms with Gasteiger partial charge in [0.05, 0.1) is 32.5 Å². The van der Waals surface area contributed by atoms with Gasteiger partial charge in [-0.1, -0.05) is 25.0 Å². The third-order valence-electron chi connectivity index (χ3n) is 6.56. The van der Waals surface area contributed by atoms with E-state index in [1.165, 1.54) is 54.7 Å². The molecule has 0 atom stereocenters. The molecule has 0 amide bonds. The highest BCUT2D eigenvalue weighted by Crippen LogP contribution is 2.54. The zero-order chi connectivity index (χ0) is 25.1. The van der Waals surface area contributed by atoms with Gasteiger partial charge < -0.3 is 23.8 Å². The zero-order valence-corrected chi connectivity index (χ0v) is 23.6. The number of rotatable bonds is 14. The van der Waals surface area contributed by atoms with Crippen LogP contribution in [0.3, 0.4) is 0 Å². The Balaban J connectivity index is 1.47. The highest BCUT2D eigenvalue weighted by Gasteiger charge is 2.35. The number of nitrogens with zero attached hydrogens (tertiary/aromatic N) is 1. The standard InChI is InChI=1S/C28H41NO4S2/c1-29(17-14-22-10-12-24(30-2)26(20-22)32-4)16-8-6-7-15-28(34-18-9-19-35-28)23-11-13-25(31-3)27(21-23)33-5/h10-13,20-21H,6-9,14-19H2,1-5H3. The quantitative estimate of drug-likeness (QED) is 0.265. The molecule has 35 heavy (non-hydrogen) atoms. The molecular formula is C28H41NO4S2. The Bertz CT molecular complexity index is 918. The number of methoxy groups -OCH3 is 4. The van der Waals surface area contributed by atoms with Gasteiger partial charge in [0.1, 0.15) is 0 Å². The number of unbranched alkanes of at least 4 members (excludes halogenated alkanes) is 2. The first-order valence-electron chi connectivity index (χ1n) is 12.4. The molecule has 0 N–H and O–H groups in total. The topological polar surface area (TPSA) is 40.2 Å². The summed E-state index contributed by atoms with van der Waals surface area (Å²) >= 11 is 4.22. The van der Waals surface area contributed by atoms with Gasteiger partial charge in [0.2, 0.25) is 0 Å². The Hall–Kier alpha value is -1.70. The van der Waals surface area contributed by atoms with Crippen LogP contribution in [0.4, 0.5) is 0 Å². The predicted octanol–water partition coefficient (Wildman–Crippen LogP) is 6.48. The van der Waals surface area contributed by atoms with Crippen LogP contribution in [0.15, 0.2) is 36.4 Å². The van der Waals surface area contributed by atoms with Crippen molar-refractivity contribution in [1.29, 1.82) is 0 Å². The van der Waals surface area contributed by atoms with Gasteiger partial charge in [-0.25, -0.2) is 0 Å². The van der Waals surface area contributed by atoms with E-state index in [9.17, 15) is 0 Å². The van der Waals surface area contributed by atoms with Gasteiger partial charge in [-0.15, -0.1) is 23.5 Å². The molecule has 1 heterocycles. The lowest BCUT2D eigenvalue weighted by Crippen LogP contribution is -2.24. The molecule has 1 aliphatic rings. The number of hydrogen-bond donors (Lipinski definition) is 0. The highest BCUT2D eigenvalue weighted by molar-refractivity contribution is 8.18. The summed E-state index contributed by atoms with van der Waals surface area (Å²) in [5, 5.41) is 0. The number of ether oxygens (including phenoxy) is 4. The normalized spacial score (nSPS) is 15.1. The van der Waals surface area contributed by atoms with Gasteiger partial charge in [-0.05, 0) is 86.2 Å². The molecule has 1 fully saturated rings. The Morgan fingerprint density at radius 3 is 2.03 bits per heavy atom. The number of likely N-dealkylation sites (N-methyl/N-ethyl adjacent to an activating group) is 1. The van der Waals surface area contributed by atoms with Crippen LogP contribution < -0.4 is 18.9 Å². The lowest BCUT2D eigenvalue weighted by Gasteiger charge is -2.37. The van der Waals surface area contributed by atoms with Gasteiger partial charge in [0.15, 0.2) is 23.0 Å². The summed E-state index contributed by atoms with van der Waals surface area (Å²) in [6.07, 6.45) is 7.18. The lowest BCUT2D eigenvalue weighted by molar-refractivity contribution is 0.326. The first-order valence-corrected chi connectivity index (χ1v) is 14.4. The van der Waals surface area contributed by atoms with Crippen molar-refractivity contribution in [3.05, 3.63) is 47.5 Å². The van der Waals surface area contributed by atoms with Gasteiger partial charge in [0.25, 0.3) is 0 Å². The third kappa shape index (κ3) is 7.64. The first-order chi connectivity index (χ1) is 17.0. The van der Waals surface area contributed by atoms with Crippen molar-refractivity contribution in [3.63, 3.8) is 0 Å². The van der Waals surface area contributed by atoms with E-state index in [1.54, 1.807) is 28.4 Å². The van der Waals surface area contributed by atoms with E-state index in [4.69, 9.17) is 18.9 Å². The summed E-state index contributed by atoms with van der Waals surface area (Å²) in [5.74, 6) is 5.65. The maximum Gasteiger partial charge on any atom is 0.161 e. The fourth-order valence-corrected chi connectivity index (χ4v) is 7.90. The molecule has 1 saturated heterocycles. The summed E-state index contributed by atoms with van der Waals surface area (Å²) in [6.45, 7) is 2.16. The van der Waals surface area contributed by atoms with Gasteiger partial charge in [-0.2, -0.15) is 0 Å². The van der Waals surface area contributed by atoms with E-state index >= 15 is 0 Å². The summed E-state index contributed by atoms with van der Waals surface area (Å²) in [5.41, 5.74) is 2.63. The maximum atomic E-state index is 5.60. The van der Waals surface area contributed by atoms with Crippen LogP contribution in [-0.2, 0) is 10.5 Å². The van der Waals surface area contributed by atoms with Crippen LogP contribution in [0.5, 0.6) is 23.0 Å². The SMILES string of the molecule is COc1ccc(CCN(C)CCCCCC2(c3ccc(OC)c(OC)c3)SCCCS2)cc1OC. The van der Waals surface area contributed by atoms with E-state index in [-0.39, 0.29) is 4.08 Å². The molecule has 5 nitrogen and oxygen atoms in total. The summed E-state index contributed by atoms with van der Waals surface area (Å²) in [6, 6.07) is 12.7. The van der Waals surface area contributed by atoms with Gasteiger partial charge in [-0.3, -0.25) is 0 Å². The molecule has 1 aliphatic heterocycles. The Kier molecular flexibility index (Phi) is 11.3. The summed E-state index contributed by atoms with van der Waals surface area (Å²) < 4.78 is 22.0. The molecule has 0 aliphatic carbocycles. The highest BCUT2D eigenvalue weighted by atomic mass is 32.2. The van der Waals surface area contributed by atoms with Gasteiger partial charge >= 0.3 is 0 Å². The number of benzene rings is 2.